The summed E-state index contributed by atoms with van der Waals surface area (Å²) in [5.41, 5.74) is 8.35. The highest BCUT2D eigenvalue weighted by atomic mass is 35.5. The van der Waals surface area contributed by atoms with E-state index in [1.54, 1.807) is 0 Å². The Kier molecular flexibility index (Phi) is 6.85. The number of nitrogens with one attached hydrogen (secondary N) is 1. The van der Waals surface area contributed by atoms with Gasteiger partial charge < -0.3 is 11.1 Å². The third-order valence-corrected chi connectivity index (χ3v) is 4.59. The Hall–Kier alpha value is -1.10. The number of rotatable bonds is 5. The number of likely N-dealkylation sites (tertiary alicyclic amines) is 1. The molecule has 2 rings (SSSR count). The first-order valence-electron chi connectivity index (χ1n) is 7.71. The number of aryl methyl sites for hydroxylation is 1. The van der Waals surface area contributed by atoms with E-state index in [4.69, 9.17) is 5.73 Å². The zero-order chi connectivity index (χ0) is 15.5. The summed E-state index contributed by atoms with van der Waals surface area (Å²) in [5, 5.41) is 3.03. The van der Waals surface area contributed by atoms with Gasteiger partial charge in [0.2, 0.25) is 5.91 Å². The van der Waals surface area contributed by atoms with Gasteiger partial charge in [-0.3, -0.25) is 9.69 Å². The number of hydrogen-bond donors (Lipinski definition) is 2. The highest BCUT2D eigenvalue weighted by Crippen LogP contribution is 2.29. The number of carbonyl (C=O) groups excluding carboxylic acids is 1. The maximum atomic E-state index is 12.3. The third-order valence-electron chi connectivity index (χ3n) is 4.59. The van der Waals surface area contributed by atoms with Gasteiger partial charge in [0, 0.05) is 13.1 Å². The van der Waals surface area contributed by atoms with Gasteiger partial charge in [0.25, 0.3) is 0 Å². The number of halogens is 1. The van der Waals surface area contributed by atoms with Crippen molar-refractivity contribution >= 4 is 18.3 Å². The molecule has 4 nitrogen and oxygen atoms in total. The van der Waals surface area contributed by atoms with E-state index < -0.39 is 0 Å². The molecule has 1 fully saturated rings. The molecular formula is C17H28ClN3O. The second-order valence-electron chi connectivity index (χ2n) is 6.61. The van der Waals surface area contributed by atoms with Gasteiger partial charge >= 0.3 is 0 Å². The average molecular weight is 326 g/mol. The summed E-state index contributed by atoms with van der Waals surface area (Å²) < 4.78 is 0. The Labute approximate surface area is 139 Å². The lowest BCUT2D eigenvalue weighted by Crippen LogP contribution is -2.45. The van der Waals surface area contributed by atoms with Crippen LogP contribution in [0.4, 0.5) is 0 Å². The van der Waals surface area contributed by atoms with Gasteiger partial charge in [0.1, 0.15) is 0 Å². The van der Waals surface area contributed by atoms with Crippen molar-refractivity contribution in [1.29, 1.82) is 0 Å². The molecule has 22 heavy (non-hydrogen) atoms. The smallest absolute Gasteiger partial charge is 0.237 e. The number of nitrogens with two attached hydrogens (primary N) is 1. The van der Waals surface area contributed by atoms with Crippen LogP contribution in [0, 0.1) is 12.3 Å². The summed E-state index contributed by atoms with van der Waals surface area (Å²) in [6.45, 7) is 9.37. The average Bonchev–Trinajstić information content (AvgIpc) is 2.89. The van der Waals surface area contributed by atoms with E-state index in [1.165, 1.54) is 5.56 Å². The monoisotopic (exact) mass is 325 g/mol. The van der Waals surface area contributed by atoms with Crippen molar-refractivity contribution in [2.75, 3.05) is 19.6 Å². The molecule has 1 aromatic carbocycles. The minimum Gasteiger partial charge on any atom is -0.351 e. The van der Waals surface area contributed by atoms with E-state index in [0.717, 1.165) is 25.1 Å². The molecule has 124 valence electrons. The fourth-order valence-corrected chi connectivity index (χ4v) is 2.77. The Bertz CT molecular complexity index is 491. The number of hydrogen-bond acceptors (Lipinski definition) is 3. The van der Waals surface area contributed by atoms with Crippen LogP contribution in [0.25, 0.3) is 0 Å². The molecule has 0 aliphatic carbocycles. The summed E-state index contributed by atoms with van der Waals surface area (Å²) in [7, 11) is 0. The molecule has 1 heterocycles. The van der Waals surface area contributed by atoms with Gasteiger partial charge in [-0.1, -0.05) is 36.8 Å². The van der Waals surface area contributed by atoms with Crippen molar-refractivity contribution in [1.82, 2.24) is 10.2 Å². The van der Waals surface area contributed by atoms with Crippen molar-refractivity contribution < 1.29 is 4.79 Å². The molecule has 0 spiro atoms. The molecule has 1 amide bonds. The Morgan fingerprint density at radius 2 is 2.05 bits per heavy atom. The first-order chi connectivity index (χ1) is 9.93. The van der Waals surface area contributed by atoms with Crippen molar-refractivity contribution in [2.45, 2.75) is 39.8 Å². The second-order valence-corrected chi connectivity index (χ2v) is 6.61. The standard InChI is InChI=1S/C17H27N3O.ClH/c1-13-4-6-15(7-5-13)10-19-16(21)14(2)20-9-8-17(3,11-18)12-20;/h4-7,14H,8-12,18H2,1-3H3,(H,19,21);1H. The van der Waals surface area contributed by atoms with Gasteiger partial charge in [-0.05, 0) is 44.3 Å². The maximum absolute atomic E-state index is 12.3. The zero-order valence-corrected chi connectivity index (χ0v) is 14.6. The van der Waals surface area contributed by atoms with E-state index in [2.05, 4.69) is 48.3 Å². The van der Waals surface area contributed by atoms with Crippen LogP contribution < -0.4 is 11.1 Å². The summed E-state index contributed by atoms with van der Waals surface area (Å²) in [6, 6.07) is 8.16. The molecule has 0 saturated carbocycles. The lowest BCUT2D eigenvalue weighted by Gasteiger charge is -2.26. The van der Waals surface area contributed by atoms with Crippen molar-refractivity contribution in [3.05, 3.63) is 35.4 Å². The minimum atomic E-state index is -0.0937. The molecule has 0 bridgehead atoms. The summed E-state index contributed by atoms with van der Waals surface area (Å²) in [5.74, 6) is 0.0943. The fourth-order valence-electron chi connectivity index (χ4n) is 2.77. The molecule has 0 aromatic heterocycles. The highest BCUT2D eigenvalue weighted by Gasteiger charge is 2.36. The predicted molar refractivity (Wildman–Crippen MR) is 93.1 cm³/mol. The largest absolute Gasteiger partial charge is 0.351 e. The van der Waals surface area contributed by atoms with Gasteiger partial charge in [-0.2, -0.15) is 0 Å². The van der Waals surface area contributed by atoms with Crippen LogP contribution in [0.3, 0.4) is 0 Å². The molecule has 3 N–H and O–H groups in total. The molecule has 2 unspecified atom stereocenters. The summed E-state index contributed by atoms with van der Waals surface area (Å²) in [4.78, 5) is 14.5. The van der Waals surface area contributed by atoms with E-state index >= 15 is 0 Å². The van der Waals surface area contributed by atoms with Crippen molar-refractivity contribution in [2.24, 2.45) is 11.1 Å². The highest BCUT2D eigenvalue weighted by molar-refractivity contribution is 5.85. The van der Waals surface area contributed by atoms with Gasteiger partial charge in [0.05, 0.1) is 6.04 Å². The molecule has 1 saturated heterocycles. The lowest BCUT2D eigenvalue weighted by atomic mass is 9.90. The van der Waals surface area contributed by atoms with Crippen LogP contribution in [0.15, 0.2) is 24.3 Å². The van der Waals surface area contributed by atoms with Gasteiger partial charge in [-0.15, -0.1) is 12.4 Å². The molecule has 2 atom stereocenters. The van der Waals surface area contributed by atoms with E-state index in [-0.39, 0.29) is 29.8 Å². The third kappa shape index (κ3) is 4.70. The Morgan fingerprint density at radius 3 is 2.59 bits per heavy atom. The van der Waals surface area contributed by atoms with Crippen LogP contribution in [0.1, 0.15) is 31.4 Å². The summed E-state index contributed by atoms with van der Waals surface area (Å²) in [6.07, 6.45) is 1.07. The number of carbonyl (C=O) groups is 1. The predicted octanol–water partition coefficient (Wildman–Crippen LogP) is 2.09. The van der Waals surface area contributed by atoms with Crippen molar-refractivity contribution in [3.63, 3.8) is 0 Å². The number of benzene rings is 1. The first-order valence-corrected chi connectivity index (χ1v) is 7.71. The SMILES string of the molecule is Cc1ccc(CNC(=O)C(C)N2CCC(C)(CN)C2)cc1.Cl. The van der Waals surface area contributed by atoms with Crippen molar-refractivity contribution in [3.8, 4) is 0 Å². The van der Waals surface area contributed by atoms with E-state index in [0.29, 0.717) is 13.1 Å². The maximum Gasteiger partial charge on any atom is 0.237 e. The normalized spacial score (nSPS) is 22.9. The number of nitrogens with zero attached hydrogens (tertiary/aromatic N) is 1. The summed E-state index contributed by atoms with van der Waals surface area (Å²) >= 11 is 0. The quantitative estimate of drug-likeness (QED) is 0.871. The Balaban J connectivity index is 0.00000242. The van der Waals surface area contributed by atoms with Crippen LogP contribution in [0.5, 0.6) is 0 Å². The lowest BCUT2D eigenvalue weighted by molar-refractivity contribution is -0.125. The van der Waals surface area contributed by atoms with E-state index in [1.807, 2.05) is 6.92 Å². The first kappa shape index (κ1) is 18.9. The Morgan fingerprint density at radius 1 is 1.41 bits per heavy atom. The fraction of sp³-hybridized carbons (Fsp3) is 0.588. The molecular weight excluding hydrogens is 298 g/mol. The van der Waals surface area contributed by atoms with Gasteiger partial charge in [0.15, 0.2) is 0 Å². The second kappa shape index (κ2) is 7.95. The van der Waals surface area contributed by atoms with Crippen LogP contribution in [0.2, 0.25) is 0 Å². The van der Waals surface area contributed by atoms with Gasteiger partial charge in [-0.25, -0.2) is 0 Å². The molecule has 1 aliphatic rings. The number of amides is 1. The van der Waals surface area contributed by atoms with Crippen LogP contribution in [-0.2, 0) is 11.3 Å². The molecule has 5 heteroatoms. The zero-order valence-electron chi connectivity index (χ0n) is 13.8. The van der Waals surface area contributed by atoms with Crippen LogP contribution in [-0.4, -0.2) is 36.5 Å². The van der Waals surface area contributed by atoms with Crippen LogP contribution >= 0.6 is 12.4 Å². The van der Waals surface area contributed by atoms with E-state index in [9.17, 15) is 4.79 Å². The molecule has 1 aromatic rings. The minimum absolute atomic E-state index is 0. The topological polar surface area (TPSA) is 58.4 Å². The molecule has 0 radical (unpaired) electrons. The molecule has 1 aliphatic heterocycles.